The minimum absolute atomic E-state index is 0.0873. The second-order valence-corrected chi connectivity index (χ2v) is 6.58. The molecule has 3 rings (SSSR count). The van der Waals surface area contributed by atoms with Gasteiger partial charge >= 0.3 is 12.2 Å². The van der Waals surface area contributed by atoms with E-state index in [2.05, 4.69) is 15.0 Å². The van der Waals surface area contributed by atoms with Gasteiger partial charge in [-0.2, -0.15) is 14.4 Å². The molecule has 3 atom stereocenters. The van der Waals surface area contributed by atoms with Gasteiger partial charge < -0.3 is 25.1 Å². The molecular formula is C16H22FN5O5. The topological polar surface area (TPSA) is 135 Å². The number of rotatable bonds is 6. The summed E-state index contributed by atoms with van der Waals surface area (Å²) in [6.07, 6.45) is -0.248. The third-order valence-corrected chi connectivity index (χ3v) is 4.46. The van der Waals surface area contributed by atoms with Gasteiger partial charge in [0.25, 0.3) is 0 Å². The van der Waals surface area contributed by atoms with Gasteiger partial charge in [0, 0.05) is 6.42 Å². The summed E-state index contributed by atoms with van der Waals surface area (Å²) in [5.41, 5.74) is 4.88. The van der Waals surface area contributed by atoms with E-state index in [4.69, 9.17) is 19.9 Å². The molecular weight excluding hydrogens is 361 g/mol. The van der Waals surface area contributed by atoms with Crippen LogP contribution in [-0.2, 0) is 14.2 Å². The minimum Gasteiger partial charge on any atom is -0.434 e. The van der Waals surface area contributed by atoms with Crippen LogP contribution in [0.25, 0.3) is 11.2 Å². The summed E-state index contributed by atoms with van der Waals surface area (Å²) in [6, 6.07) is 0. The lowest BCUT2D eigenvalue weighted by Gasteiger charge is -2.26. The molecule has 2 aromatic heterocycles. The molecule has 1 saturated heterocycles. The normalized spacial score (nSPS) is 25.0. The first-order valence-corrected chi connectivity index (χ1v) is 8.65. The zero-order valence-corrected chi connectivity index (χ0v) is 15.1. The maximum Gasteiger partial charge on any atom is 0.508 e. The highest BCUT2D eigenvalue weighted by molar-refractivity contribution is 5.81. The Kier molecular flexibility index (Phi) is 5.42. The zero-order valence-electron chi connectivity index (χ0n) is 15.1. The first-order chi connectivity index (χ1) is 12.8. The molecule has 0 radical (unpaired) electrons. The fourth-order valence-electron chi connectivity index (χ4n) is 2.84. The lowest BCUT2D eigenvalue weighted by molar-refractivity contribution is -0.122. The molecule has 0 amide bonds. The number of hydrogen-bond acceptors (Lipinski definition) is 9. The largest absolute Gasteiger partial charge is 0.508 e. The summed E-state index contributed by atoms with van der Waals surface area (Å²) in [4.78, 5) is 22.8. The van der Waals surface area contributed by atoms with E-state index >= 15 is 0 Å². The van der Waals surface area contributed by atoms with Gasteiger partial charge in [0.1, 0.15) is 18.4 Å². The fraction of sp³-hybridized carbons (Fsp3) is 0.625. The van der Waals surface area contributed by atoms with Gasteiger partial charge in [0.15, 0.2) is 17.0 Å². The van der Waals surface area contributed by atoms with Crippen LogP contribution in [0.2, 0.25) is 0 Å². The Labute approximate surface area is 154 Å². The van der Waals surface area contributed by atoms with Crippen LogP contribution in [0.15, 0.2) is 6.33 Å². The van der Waals surface area contributed by atoms with Crippen LogP contribution in [0.1, 0.15) is 39.3 Å². The number of ether oxygens (including phenoxy) is 3. The predicted molar refractivity (Wildman–Crippen MR) is 91.1 cm³/mol. The minimum atomic E-state index is -1.16. The van der Waals surface area contributed by atoms with Crippen molar-refractivity contribution in [3.8, 4) is 0 Å². The number of nitrogen functional groups attached to an aromatic ring is 1. The Morgan fingerprint density at radius 2 is 2.30 bits per heavy atom. The SMILES string of the molecule is CCCCOC(=O)OC[C@@]1(C)O[C@@H](n2cnc3c(N)nc(F)nc32)C[C@@H]1O. The number of hydrogen-bond donors (Lipinski definition) is 2. The van der Waals surface area contributed by atoms with Crippen molar-refractivity contribution in [2.75, 3.05) is 18.9 Å². The van der Waals surface area contributed by atoms with Crippen molar-refractivity contribution in [1.29, 1.82) is 0 Å². The first kappa shape index (κ1) is 19.2. The highest BCUT2D eigenvalue weighted by Crippen LogP contribution is 2.38. The highest BCUT2D eigenvalue weighted by atomic mass is 19.1. The number of unbranched alkanes of at least 4 members (excludes halogenated alkanes) is 1. The third kappa shape index (κ3) is 3.93. The van der Waals surface area contributed by atoms with Crippen molar-refractivity contribution < 1.29 is 28.5 Å². The van der Waals surface area contributed by atoms with Crippen molar-refractivity contribution >= 4 is 23.1 Å². The van der Waals surface area contributed by atoms with E-state index in [0.717, 1.165) is 12.8 Å². The molecule has 0 unspecified atom stereocenters. The van der Waals surface area contributed by atoms with E-state index in [0.29, 0.717) is 0 Å². The molecule has 148 valence electrons. The quantitative estimate of drug-likeness (QED) is 0.432. The van der Waals surface area contributed by atoms with E-state index in [1.165, 1.54) is 10.9 Å². The van der Waals surface area contributed by atoms with Gasteiger partial charge in [-0.25, -0.2) is 9.78 Å². The number of carbonyl (C=O) groups excluding carboxylic acids is 1. The van der Waals surface area contributed by atoms with Crippen LogP contribution in [0.4, 0.5) is 15.0 Å². The Balaban J connectivity index is 1.70. The number of halogens is 1. The molecule has 2 aromatic rings. The molecule has 0 bridgehead atoms. The van der Waals surface area contributed by atoms with Crippen molar-refractivity contribution in [3.63, 3.8) is 0 Å². The van der Waals surface area contributed by atoms with Crippen molar-refractivity contribution in [2.45, 2.75) is 51.0 Å². The molecule has 10 nitrogen and oxygen atoms in total. The Hall–Kier alpha value is -2.53. The molecule has 0 aromatic carbocycles. The van der Waals surface area contributed by atoms with Crippen molar-refractivity contribution in [3.05, 3.63) is 12.4 Å². The van der Waals surface area contributed by atoms with E-state index in [9.17, 15) is 14.3 Å². The van der Waals surface area contributed by atoms with Crippen LogP contribution in [0, 0.1) is 6.08 Å². The average molecular weight is 383 g/mol. The average Bonchev–Trinajstić information content (AvgIpc) is 3.15. The van der Waals surface area contributed by atoms with Gasteiger partial charge in [-0.15, -0.1) is 0 Å². The molecule has 1 fully saturated rings. The number of aliphatic hydroxyl groups excluding tert-OH is 1. The van der Waals surface area contributed by atoms with Crippen molar-refractivity contribution in [1.82, 2.24) is 19.5 Å². The smallest absolute Gasteiger partial charge is 0.434 e. The molecule has 3 N–H and O–H groups in total. The second-order valence-electron chi connectivity index (χ2n) is 6.58. The lowest BCUT2D eigenvalue weighted by Crippen LogP contribution is -2.41. The van der Waals surface area contributed by atoms with E-state index < -0.39 is 30.2 Å². The second kappa shape index (κ2) is 7.61. The van der Waals surface area contributed by atoms with Crippen LogP contribution in [0.5, 0.6) is 0 Å². The number of aliphatic hydroxyl groups is 1. The van der Waals surface area contributed by atoms with Crippen molar-refractivity contribution in [2.24, 2.45) is 0 Å². The van der Waals surface area contributed by atoms with Gasteiger partial charge in [0.05, 0.1) is 19.0 Å². The number of imidazole rings is 1. The van der Waals surface area contributed by atoms with Crippen LogP contribution in [0.3, 0.4) is 0 Å². The van der Waals surface area contributed by atoms with E-state index in [1.54, 1.807) is 6.92 Å². The fourth-order valence-corrected chi connectivity index (χ4v) is 2.84. The molecule has 3 heterocycles. The monoisotopic (exact) mass is 383 g/mol. The summed E-state index contributed by atoms with van der Waals surface area (Å²) in [6.45, 7) is 3.66. The molecule has 0 aliphatic carbocycles. The number of anilines is 1. The third-order valence-electron chi connectivity index (χ3n) is 4.46. The predicted octanol–water partition coefficient (Wildman–Crippen LogP) is 1.54. The first-order valence-electron chi connectivity index (χ1n) is 8.65. The maximum atomic E-state index is 13.5. The number of carbonyl (C=O) groups is 1. The Bertz CT molecular complexity index is 831. The standard InChI is InChI=1S/C16H22FN5O5/c1-3-4-5-25-15(24)26-7-16(2)9(23)6-10(27-16)22-8-19-11-12(18)20-14(17)21-13(11)22/h8-10,23H,3-7H2,1-2H3,(H2,18,20,21)/t9-,10+,16+/m0/s1. The summed E-state index contributed by atoms with van der Waals surface area (Å²) >= 11 is 0. The highest BCUT2D eigenvalue weighted by Gasteiger charge is 2.46. The molecule has 11 heteroatoms. The number of nitrogens with two attached hydrogens (primary N) is 1. The van der Waals surface area contributed by atoms with Crippen LogP contribution in [-0.4, -0.2) is 55.7 Å². The van der Waals surface area contributed by atoms with Crippen LogP contribution >= 0.6 is 0 Å². The number of nitrogens with zero attached hydrogens (tertiary/aromatic N) is 4. The molecule has 0 spiro atoms. The van der Waals surface area contributed by atoms with Gasteiger partial charge in [-0.3, -0.25) is 4.57 Å². The molecule has 1 aliphatic rings. The van der Waals surface area contributed by atoms with Gasteiger partial charge in [-0.05, 0) is 13.3 Å². The summed E-state index contributed by atoms with van der Waals surface area (Å²) in [7, 11) is 0. The van der Waals surface area contributed by atoms with E-state index in [-0.39, 0.29) is 36.6 Å². The number of fused-ring (bicyclic) bond motifs is 1. The van der Waals surface area contributed by atoms with Gasteiger partial charge in [0.2, 0.25) is 0 Å². The lowest BCUT2D eigenvalue weighted by atomic mass is 10.0. The Morgan fingerprint density at radius 1 is 1.52 bits per heavy atom. The summed E-state index contributed by atoms with van der Waals surface area (Å²) in [5.74, 6) is -0.0873. The summed E-state index contributed by atoms with van der Waals surface area (Å²) < 4.78 is 30.8. The van der Waals surface area contributed by atoms with E-state index in [1.807, 2.05) is 6.92 Å². The molecule has 0 saturated carbocycles. The number of aromatic nitrogens is 4. The maximum absolute atomic E-state index is 13.5. The zero-order chi connectivity index (χ0) is 19.6. The van der Waals surface area contributed by atoms with Crippen LogP contribution < -0.4 is 5.73 Å². The van der Waals surface area contributed by atoms with Gasteiger partial charge in [-0.1, -0.05) is 13.3 Å². The molecule has 1 aliphatic heterocycles. The Morgan fingerprint density at radius 3 is 3.04 bits per heavy atom. The molecule has 27 heavy (non-hydrogen) atoms. The summed E-state index contributed by atoms with van der Waals surface area (Å²) in [5, 5.41) is 10.4.